The van der Waals surface area contributed by atoms with E-state index in [9.17, 15) is 9.59 Å². The molecule has 0 unspecified atom stereocenters. The number of allylic oxidation sites excluding steroid dienone is 1. The average molecular weight is 394 g/mol. The number of ether oxygens (including phenoxy) is 2. The molecule has 1 heterocycles. The monoisotopic (exact) mass is 394 g/mol. The fourth-order valence-corrected chi connectivity index (χ4v) is 1.32. The van der Waals surface area contributed by atoms with Gasteiger partial charge in [0.25, 0.3) is 5.79 Å². The molecule has 0 aliphatic carbocycles. The van der Waals surface area contributed by atoms with Crippen molar-refractivity contribution in [2.24, 2.45) is 0 Å². The van der Waals surface area contributed by atoms with Crippen molar-refractivity contribution in [2.75, 3.05) is 0 Å². The van der Waals surface area contributed by atoms with E-state index >= 15 is 0 Å². The van der Waals surface area contributed by atoms with Gasteiger partial charge < -0.3 is 23.3 Å². The molecule has 1 fully saturated rings. The average Bonchev–Trinajstić information content (AvgIpc) is 2.09. The number of esters is 2. The van der Waals surface area contributed by atoms with Crippen LogP contribution >= 0.6 is 0 Å². The maximum absolute atomic E-state index is 11.5. The van der Waals surface area contributed by atoms with Crippen LogP contribution in [0.3, 0.4) is 0 Å². The molecule has 0 radical (unpaired) electrons. The Balaban J connectivity index is 0.00000225. The van der Waals surface area contributed by atoms with Crippen molar-refractivity contribution in [2.45, 2.75) is 32.5 Å². The topological polar surface area (TPSA) is 52.6 Å². The molecule has 0 saturated carbocycles. The summed E-state index contributed by atoms with van der Waals surface area (Å²) in [5.41, 5.74) is 0.500. The molecule has 0 spiro atoms. The Labute approximate surface area is 110 Å². The smallest absolute Gasteiger partial charge is 0.419 e. The van der Waals surface area contributed by atoms with Gasteiger partial charge in [-0.05, 0) is 0 Å². The zero-order valence-corrected chi connectivity index (χ0v) is 12.3. The van der Waals surface area contributed by atoms with Gasteiger partial charge in [0.15, 0.2) is 0 Å². The Hall–Kier alpha value is -0.632. The number of carbonyl (C=O) groups is 2. The number of hydrogen-bond donors (Lipinski definition) is 0. The third-order valence-corrected chi connectivity index (χ3v) is 2.04. The zero-order valence-electron chi connectivity index (χ0n) is 9.37. The molecule has 1 aliphatic heterocycles. The minimum atomic E-state index is -1.19. The van der Waals surface area contributed by atoms with Gasteiger partial charge in [-0.25, -0.2) is 9.59 Å². The second-order valence-corrected chi connectivity index (χ2v) is 3.66. The minimum absolute atomic E-state index is 0. The first kappa shape index (κ1) is 15.4. The van der Waals surface area contributed by atoms with Gasteiger partial charge in [0, 0.05) is 13.8 Å². The van der Waals surface area contributed by atoms with Crippen molar-refractivity contribution >= 4 is 11.9 Å². The van der Waals surface area contributed by atoms with Gasteiger partial charge in [-0.1, -0.05) is 0 Å². The molecule has 0 bridgehead atoms. The number of hydrogen-bond acceptors (Lipinski definition) is 4. The summed E-state index contributed by atoms with van der Waals surface area (Å²) in [6, 6.07) is 0. The summed E-state index contributed by atoms with van der Waals surface area (Å²) in [5.74, 6) is -2.50. The van der Waals surface area contributed by atoms with Crippen LogP contribution in [0.25, 0.3) is 0 Å². The fourth-order valence-electron chi connectivity index (χ4n) is 1.32. The summed E-state index contributed by atoms with van der Waals surface area (Å²) < 4.78 is 9.89. The second-order valence-electron chi connectivity index (χ2n) is 3.66. The first-order valence-corrected chi connectivity index (χ1v) is 4.68. The van der Waals surface area contributed by atoms with Crippen LogP contribution in [0.2, 0.25) is 0 Å². The third-order valence-electron chi connectivity index (χ3n) is 2.04. The molecule has 1 saturated heterocycles. The van der Waals surface area contributed by atoms with Gasteiger partial charge in [-0.2, -0.15) is 12.8 Å². The summed E-state index contributed by atoms with van der Waals surface area (Å²) in [6.45, 7) is 10.3. The fraction of sp³-hybridized carbons (Fsp3) is 0.455. The predicted molar refractivity (Wildman–Crippen MR) is 53.2 cm³/mol. The van der Waals surface area contributed by atoms with E-state index in [2.05, 4.69) is 13.8 Å². The number of carbonyl (C=O) groups excluding carboxylic acids is 2. The Morgan fingerprint density at radius 2 is 1.50 bits per heavy atom. The van der Waals surface area contributed by atoms with Crippen molar-refractivity contribution in [3.05, 3.63) is 25.0 Å². The van der Waals surface area contributed by atoms with E-state index in [1.54, 1.807) is 0 Å². The van der Waals surface area contributed by atoms with Crippen molar-refractivity contribution in [1.29, 1.82) is 0 Å². The summed E-state index contributed by atoms with van der Waals surface area (Å²) in [6.07, 6.45) is 0.674. The minimum Gasteiger partial charge on any atom is -0.419 e. The van der Waals surface area contributed by atoms with Crippen LogP contribution in [-0.2, 0) is 40.1 Å². The summed E-state index contributed by atoms with van der Waals surface area (Å²) in [5, 5.41) is 0. The summed E-state index contributed by atoms with van der Waals surface area (Å²) in [4.78, 5) is 23.1. The van der Waals surface area contributed by atoms with Crippen LogP contribution < -0.4 is 0 Å². The standard InChI is InChI=1S/C11H14O4.W/c1-5-7(6-2)8-9(12)14-11(3,4)15-10(8)13;/h1-2,5-6H2,3-4H3;/q-2;+2. The molecule has 0 amide bonds. The molecule has 0 aromatic carbocycles. The van der Waals surface area contributed by atoms with Gasteiger partial charge >= 0.3 is 33.0 Å². The van der Waals surface area contributed by atoms with Crippen LogP contribution in [0.5, 0.6) is 0 Å². The van der Waals surface area contributed by atoms with E-state index in [0.717, 1.165) is 0 Å². The van der Waals surface area contributed by atoms with E-state index < -0.39 is 17.7 Å². The van der Waals surface area contributed by atoms with Crippen LogP contribution in [-0.4, -0.2) is 17.7 Å². The normalized spacial score (nSPS) is 18.4. The Bertz CT molecular complexity index is 303. The third kappa shape index (κ3) is 3.18. The maximum Gasteiger partial charge on any atom is 2.00 e. The molecule has 0 aromatic heterocycles. The molecule has 4 nitrogen and oxygen atoms in total. The van der Waals surface area contributed by atoms with E-state index in [0.29, 0.717) is 18.4 Å². The molecular formula is C11H14O4W. The predicted octanol–water partition coefficient (Wildman–Crippen LogP) is 1.56. The van der Waals surface area contributed by atoms with Gasteiger partial charge in [-0.3, -0.25) is 0 Å². The number of rotatable bonds is 2. The second kappa shape index (κ2) is 5.62. The van der Waals surface area contributed by atoms with Crippen LogP contribution in [0.1, 0.15) is 26.7 Å². The molecule has 88 valence electrons. The molecule has 1 aliphatic rings. The van der Waals surface area contributed by atoms with Gasteiger partial charge in [0.1, 0.15) is 5.57 Å². The van der Waals surface area contributed by atoms with Crippen LogP contribution in [0, 0.1) is 13.8 Å². The maximum atomic E-state index is 11.5. The SMILES string of the molecule is [CH2-]CC(C[CH2-])=C1C(=O)OC(C)(C)OC1=O.[W+2]. The first-order chi connectivity index (χ1) is 6.91. The molecule has 0 atom stereocenters. The molecule has 0 aromatic rings. The summed E-state index contributed by atoms with van der Waals surface area (Å²) in [7, 11) is 0. The van der Waals surface area contributed by atoms with E-state index in [1.807, 2.05) is 0 Å². The van der Waals surface area contributed by atoms with E-state index in [4.69, 9.17) is 9.47 Å². The molecule has 16 heavy (non-hydrogen) atoms. The quantitative estimate of drug-likeness (QED) is 0.309. The van der Waals surface area contributed by atoms with Crippen LogP contribution in [0.15, 0.2) is 11.1 Å². The van der Waals surface area contributed by atoms with Gasteiger partial charge in [0.2, 0.25) is 0 Å². The molecule has 0 N–H and O–H groups in total. The van der Waals surface area contributed by atoms with Crippen LogP contribution in [0.4, 0.5) is 0 Å². The Morgan fingerprint density at radius 1 is 1.12 bits per heavy atom. The Kier molecular flexibility index (Phi) is 5.40. The molecule has 1 rings (SSSR count). The zero-order chi connectivity index (χ0) is 11.6. The molecular weight excluding hydrogens is 380 g/mol. The van der Waals surface area contributed by atoms with Crippen molar-refractivity contribution in [1.82, 2.24) is 0 Å². The van der Waals surface area contributed by atoms with Gasteiger partial charge in [-0.15, -0.1) is 5.57 Å². The number of cyclic esters (lactones) is 2. The van der Waals surface area contributed by atoms with Gasteiger partial charge in [0.05, 0.1) is 0 Å². The van der Waals surface area contributed by atoms with E-state index in [1.165, 1.54) is 13.8 Å². The Morgan fingerprint density at radius 3 is 1.81 bits per heavy atom. The largest absolute Gasteiger partial charge is 2.00 e. The first-order valence-electron chi connectivity index (χ1n) is 4.68. The summed E-state index contributed by atoms with van der Waals surface area (Å²) >= 11 is 0. The van der Waals surface area contributed by atoms with Crippen molar-refractivity contribution < 1.29 is 40.1 Å². The van der Waals surface area contributed by atoms with Crippen molar-refractivity contribution in [3.8, 4) is 0 Å². The molecule has 5 heteroatoms. The van der Waals surface area contributed by atoms with E-state index in [-0.39, 0.29) is 26.6 Å². The van der Waals surface area contributed by atoms with Crippen molar-refractivity contribution in [3.63, 3.8) is 0 Å².